The molecule has 0 spiro atoms. The number of rotatable bonds is 5. The molecular weight excluding hydrogens is 348 g/mol. The highest BCUT2D eigenvalue weighted by atomic mass is 79.9. The molecular formula is C16H17BrN2O3. The first-order chi connectivity index (χ1) is 10.4. The summed E-state index contributed by atoms with van der Waals surface area (Å²) in [4.78, 5) is 22.7. The number of hydrogen-bond acceptors (Lipinski definition) is 2. The van der Waals surface area contributed by atoms with Gasteiger partial charge in [0.05, 0.1) is 12.0 Å². The van der Waals surface area contributed by atoms with Crippen LogP contribution in [0.3, 0.4) is 0 Å². The van der Waals surface area contributed by atoms with Gasteiger partial charge in [0.15, 0.2) is 0 Å². The number of nitrogens with one attached hydrogen (secondary N) is 1. The van der Waals surface area contributed by atoms with E-state index in [4.69, 9.17) is 5.11 Å². The Morgan fingerprint density at radius 1 is 1.23 bits per heavy atom. The van der Waals surface area contributed by atoms with E-state index in [0.717, 1.165) is 21.5 Å². The number of aryl methyl sites for hydroxylation is 1. The molecule has 0 saturated heterocycles. The van der Waals surface area contributed by atoms with Crippen LogP contribution in [0.4, 0.5) is 0 Å². The summed E-state index contributed by atoms with van der Waals surface area (Å²) in [5.74, 6) is -1.18. The summed E-state index contributed by atoms with van der Waals surface area (Å²) < 4.78 is 2.99. The number of halogens is 1. The van der Waals surface area contributed by atoms with Crippen molar-refractivity contribution in [1.82, 2.24) is 9.88 Å². The standard InChI is InChI=1S/C16H17BrN2O3/c1-10-9-14(16(22)18-8-7-15(20)21)11(2)19(10)13-5-3-12(17)4-6-13/h3-6,9H,7-8H2,1-2H3,(H,18,22)(H,20,21). The minimum atomic E-state index is -0.930. The number of nitrogens with zero attached hydrogens (tertiary/aromatic N) is 1. The van der Waals surface area contributed by atoms with Crippen molar-refractivity contribution in [3.8, 4) is 5.69 Å². The van der Waals surface area contributed by atoms with Gasteiger partial charge >= 0.3 is 5.97 Å². The van der Waals surface area contributed by atoms with Crippen molar-refractivity contribution in [3.63, 3.8) is 0 Å². The second-order valence-electron chi connectivity index (χ2n) is 5.00. The molecule has 1 aromatic heterocycles. The van der Waals surface area contributed by atoms with Crippen LogP contribution in [0, 0.1) is 13.8 Å². The van der Waals surface area contributed by atoms with E-state index in [0.29, 0.717) is 5.56 Å². The van der Waals surface area contributed by atoms with Gasteiger partial charge < -0.3 is 15.0 Å². The molecule has 2 aromatic rings. The monoisotopic (exact) mass is 364 g/mol. The van der Waals surface area contributed by atoms with Crippen molar-refractivity contribution < 1.29 is 14.7 Å². The van der Waals surface area contributed by atoms with Crippen LogP contribution in [0.2, 0.25) is 0 Å². The van der Waals surface area contributed by atoms with Crippen molar-refractivity contribution in [2.75, 3.05) is 6.54 Å². The van der Waals surface area contributed by atoms with Gasteiger partial charge in [0, 0.05) is 28.1 Å². The van der Waals surface area contributed by atoms with E-state index in [-0.39, 0.29) is 18.9 Å². The van der Waals surface area contributed by atoms with E-state index in [1.807, 2.05) is 48.7 Å². The normalized spacial score (nSPS) is 10.5. The number of carboxylic acid groups (broad SMARTS) is 1. The number of aromatic nitrogens is 1. The Balaban J connectivity index is 2.25. The first kappa shape index (κ1) is 16.3. The molecule has 0 aliphatic heterocycles. The van der Waals surface area contributed by atoms with Crippen molar-refractivity contribution in [3.05, 3.63) is 51.8 Å². The zero-order valence-electron chi connectivity index (χ0n) is 12.4. The summed E-state index contributed by atoms with van der Waals surface area (Å²) in [7, 11) is 0. The molecule has 2 rings (SSSR count). The molecule has 0 unspecified atom stereocenters. The van der Waals surface area contributed by atoms with E-state index < -0.39 is 5.97 Å². The summed E-state index contributed by atoms with van der Waals surface area (Å²) in [6.45, 7) is 3.93. The van der Waals surface area contributed by atoms with E-state index in [1.165, 1.54) is 0 Å². The summed E-state index contributed by atoms with van der Waals surface area (Å²) in [5, 5.41) is 11.2. The molecule has 0 bridgehead atoms. The highest BCUT2D eigenvalue weighted by molar-refractivity contribution is 9.10. The Morgan fingerprint density at radius 3 is 2.45 bits per heavy atom. The molecule has 5 nitrogen and oxygen atoms in total. The van der Waals surface area contributed by atoms with Crippen LogP contribution in [-0.2, 0) is 4.79 Å². The van der Waals surface area contributed by atoms with E-state index >= 15 is 0 Å². The Kier molecular flexibility index (Phi) is 5.03. The lowest BCUT2D eigenvalue weighted by molar-refractivity contribution is -0.136. The first-order valence-corrected chi connectivity index (χ1v) is 7.64. The minimum Gasteiger partial charge on any atom is -0.481 e. The highest BCUT2D eigenvalue weighted by Gasteiger charge is 2.16. The molecule has 1 aromatic carbocycles. The van der Waals surface area contributed by atoms with Crippen molar-refractivity contribution in [1.29, 1.82) is 0 Å². The average molecular weight is 365 g/mol. The van der Waals surface area contributed by atoms with Gasteiger partial charge in [-0.25, -0.2) is 0 Å². The first-order valence-electron chi connectivity index (χ1n) is 6.85. The van der Waals surface area contributed by atoms with Crippen LogP contribution in [-0.4, -0.2) is 28.1 Å². The zero-order valence-corrected chi connectivity index (χ0v) is 14.0. The van der Waals surface area contributed by atoms with Crippen LogP contribution in [0.1, 0.15) is 28.2 Å². The maximum atomic E-state index is 12.2. The Hall–Kier alpha value is -2.08. The predicted molar refractivity (Wildman–Crippen MR) is 87.5 cm³/mol. The summed E-state index contributed by atoms with van der Waals surface area (Å²) >= 11 is 3.40. The second kappa shape index (κ2) is 6.79. The van der Waals surface area contributed by atoms with Gasteiger partial charge in [-0.1, -0.05) is 15.9 Å². The fourth-order valence-electron chi connectivity index (χ4n) is 2.36. The number of amides is 1. The molecule has 0 fully saturated rings. The fourth-order valence-corrected chi connectivity index (χ4v) is 2.62. The fraction of sp³-hybridized carbons (Fsp3) is 0.250. The molecule has 1 heterocycles. The third-order valence-electron chi connectivity index (χ3n) is 3.39. The molecule has 0 aliphatic rings. The SMILES string of the molecule is Cc1cc(C(=O)NCCC(=O)O)c(C)n1-c1ccc(Br)cc1. The Morgan fingerprint density at radius 2 is 1.86 bits per heavy atom. The number of carbonyl (C=O) groups is 2. The largest absolute Gasteiger partial charge is 0.481 e. The van der Waals surface area contributed by atoms with Gasteiger partial charge in [-0.3, -0.25) is 9.59 Å². The molecule has 116 valence electrons. The van der Waals surface area contributed by atoms with Crippen molar-refractivity contribution in [2.45, 2.75) is 20.3 Å². The zero-order chi connectivity index (χ0) is 16.3. The molecule has 0 atom stereocenters. The maximum absolute atomic E-state index is 12.2. The molecule has 0 saturated carbocycles. The summed E-state index contributed by atoms with van der Waals surface area (Å²) in [6.07, 6.45) is -0.0861. The molecule has 0 radical (unpaired) electrons. The lowest BCUT2D eigenvalue weighted by Gasteiger charge is -2.10. The van der Waals surface area contributed by atoms with Gasteiger partial charge in [-0.05, 0) is 44.2 Å². The predicted octanol–water partition coefficient (Wildman–Crippen LogP) is 3.06. The van der Waals surface area contributed by atoms with E-state index in [1.54, 1.807) is 0 Å². The molecule has 22 heavy (non-hydrogen) atoms. The molecule has 0 aliphatic carbocycles. The van der Waals surface area contributed by atoms with Crippen LogP contribution >= 0.6 is 15.9 Å². The van der Waals surface area contributed by atoms with Crippen molar-refractivity contribution in [2.24, 2.45) is 0 Å². The van der Waals surface area contributed by atoms with Crippen LogP contribution in [0.15, 0.2) is 34.8 Å². The number of aliphatic carboxylic acids is 1. The third-order valence-corrected chi connectivity index (χ3v) is 3.91. The lowest BCUT2D eigenvalue weighted by Crippen LogP contribution is -2.26. The topological polar surface area (TPSA) is 71.3 Å². The van der Waals surface area contributed by atoms with Gasteiger partial charge in [-0.2, -0.15) is 0 Å². The smallest absolute Gasteiger partial charge is 0.305 e. The van der Waals surface area contributed by atoms with Gasteiger partial charge in [0.1, 0.15) is 0 Å². The highest BCUT2D eigenvalue weighted by Crippen LogP contribution is 2.22. The Bertz CT molecular complexity index is 705. The molecule has 6 heteroatoms. The maximum Gasteiger partial charge on any atom is 0.305 e. The second-order valence-corrected chi connectivity index (χ2v) is 5.91. The number of hydrogen-bond donors (Lipinski definition) is 2. The van der Waals surface area contributed by atoms with Crippen LogP contribution in [0.25, 0.3) is 5.69 Å². The molecule has 2 N–H and O–H groups in total. The van der Waals surface area contributed by atoms with E-state index in [9.17, 15) is 9.59 Å². The Labute approximate surface area is 137 Å². The van der Waals surface area contributed by atoms with Crippen molar-refractivity contribution >= 4 is 27.8 Å². The quantitative estimate of drug-likeness (QED) is 0.856. The van der Waals surface area contributed by atoms with Gasteiger partial charge in [0.2, 0.25) is 0 Å². The van der Waals surface area contributed by atoms with Crippen LogP contribution in [0.5, 0.6) is 0 Å². The summed E-state index contributed by atoms with van der Waals surface area (Å²) in [5.41, 5.74) is 3.31. The molecule has 1 amide bonds. The number of benzene rings is 1. The van der Waals surface area contributed by atoms with E-state index in [2.05, 4.69) is 21.2 Å². The number of carbonyl (C=O) groups excluding carboxylic acids is 1. The van der Waals surface area contributed by atoms with Gasteiger partial charge in [0.25, 0.3) is 5.91 Å². The van der Waals surface area contributed by atoms with Gasteiger partial charge in [-0.15, -0.1) is 0 Å². The summed E-state index contributed by atoms with van der Waals surface area (Å²) in [6, 6.07) is 9.64. The number of carboxylic acids is 1. The third kappa shape index (κ3) is 3.57. The minimum absolute atomic E-state index is 0.0861. The van der Waals surface area contributed by atoms with Crippen LogP contribution < -0.4 is 5.32 Å². The average Bonchev–Trinajstić information content (AvgIpc) is 2.75. The lowest BCUT2D eigenvalue weighted by atomic mass is 10.2.